The summed E-state index contributed by atoms with van der Waals surface area (Å²) in [6.45, 7) is 2.19. The monoisotopic (exact) mass is 513 g/mol. The van der Waals surface area contributed by atoms with Crippen LogP contribution in [0.5, 0.6) is 0 Å². The minimum atomic E-state index is -0.183. The summed E-state index contributed by atoms with van der Waals surface area (Å²) >= 11 is 0. The number of carbonyl (C=O) groups is 1. The Bertz CT molecular complexity index is 1800. The number of anilines is 2. The first-order chi connectivity index (χ1) is 19.2. The van der Waals surface area contributed by atoms with Gasteiger partial charge in [-0.3, -0.25) is 19.9 Å². The smallest absolute Gasteiger partial charge is 0.255 e. The maximum Gasteiger partial charge on any atom is 0.255 e. The fourth-order valence-corrected chi connectivity index (χ4v) is 5.40. The van der Waals surface area contributed by atoms with Crippen LogP contribution < -0.4 is 10.2 Å². The number of piperidine rings is 1. The lowest BCUT2D eigenvalue weighted by molar-refractivity contribution is 0.102. The van der Waals surface area contributed by atoms with E-state index in [0.29, 0.717) is 11.3 Å². The Balaban J connectivity index is 1.22. The van der Waals surface area contributed by atoms with Gasteiger partial charge in [0, 0.05) is 52.4 Å². The Hall–Kier alpha value is -4.98. The Morgan fingerprint density at radius 3 is 2.59 bits per heavy atom. The highest BCUT2D eigenvalue weighted by Crippen LogP contribution is 2.35. The van der Waals surface area contributed by atoms with Crippen LogP contribution in [0.15, 0.2) is 85.3 Å². The molecule has 0 unspecified atom stereocenters. The van der Waals surface area contributed by atoms with Crippen LogP contribution in [0.2, 0.25) is 0 Å². The van der Waals surface area contributed by atoms with E-state index in [1.807, 2.05) is 30.3 Å². The normalized spacial score (nSPS) is 13.7. The second kappa shape index (κ2) is 9.72. The fraction of sp³-hybridized carbons (Fsp3) is 0.161. The van der Waals surface area contributed by atoms with E-state index < -0.39 is 0 Å². The van der Waals surface area contributed by atoms with Crippen LogP contribution >= 0.6 is 0 Å². The van der Waals surface area contributed by atoms with E-state index >= 15 is 0 Å². The van der Waals surface area contributed by atoms with Gasteiger partial charge in [-0.25, -0.2) is 0 Å². The molecule has 0 radical (unpaired) electrons. The van der Waals surface area contributed by atoms with Gasteiger partial charge in [0.15, 0.2) is 0 Å². The second-order valence-corrected chi connectivity index (χ2v) is 9.94. The number of aromatic amines is 2. The number of hydrogen-bond donors (Lipinski definition) is 3. The summed E-state index contributed by atoms with van der Waals surface area (Å²) in [4.78, 5) is 27.7. The highest BCUT2D eigenvalue weighted by Gasteiger charge is 2.18. The number of amides is 1. The molecule has 3 N–H and O–H groups in total. The van der Waals surface area contributed by atoms with E-state index in [4.69, 9.17) is 0 Å². The van der Waals surface area contributed by atoms with Crippen molar-refractivity contribution in [3.8, 4) is 22.6 Å². The number of nitrogens with zero attached hydrogens (tertiary/aromatic N) is 4. The highest BCUT2D eigenvalue weighted by molar-refractivity contribution is 6.04. The first kappa shape index (κ1) is 23.2. The molecule has 4 aromatic heterocycles. The molecule has 1 aliphatic rings. The molecule has 1 saturated heterocycles. The molecule has 0 saturated carbocycles. The lowest BCUT2D eigenvalue weighted by Crippen LogP contribution is -2.29. The third-order valence-corrected chi connectivity index (χ3v) is 7.37. The zero-order valence-corrected chi connectivity index (χ0v) is 21.3. The van der Waals surface area contributed by atoms with Gasteiger partial charge in [0.25, 0.3) is 5.91 Å². The summed E-state index contributed by atoms with van der Waals surface area (Å²) in [6.07, 6.45) is 8.95. The average Bonchev–Trinajstić information content (AvgIpc) is 3.62. The number of benzene rings is 2. The number of nitrogens with one attached hydrogen (secondary N) is 3. The van der Waals surface area contributed by atoms with Crippen LogP contribution in [0.1, 0.15) is 29.6 Å². The molecule has 192 valence electrons. The first-order valence-corrected chi connectivity index (χ1v) is 13.3. The van der Waals surface area contributed by atoms with Crippen molar-refractivity contribution < 1.29 is 4.79 Å². The number of hydrogen-bond acceptors (Lipinski definition) is 5. The van der Waals surface area contributed by atoms with Gasteiger partial charge in [-0.15, -0.1) is 0 Å². The molecule has 7 rings (SSSR count). The van der Waals surface area contributed by atoms with Crippen molar-refractivity contribution >= 4 is 39.1 Å². The lowest BCUT2D eigenvalue weighted by Gasteiger charge is -2.29. The summed E-state index contributed by atoms with van der Waals surface area (Å²) in [5.41, 5.74) is 7.78. The summed E-state index contributed by atoms with van der Waals surface area (Å²) in [6, 6.07) is 21.7. The SMILES string of the molecule is O=C(Nc1cncc(-c2cc3c(-c4cc5c(N6CCCCC6)cccc5[nH]4)n[nH]c3cn2)c1)c1ccccc1. The van der Waals surface area contributed by atoms with Crippen molar-refractivity contribution in [2.24, 2.45) is 0 Å². The number of H-pyrrole nitrogens is 2. The van der Waals surface area contributed by atoms with Gasteiger partial charge >= 0.3 is 0 Å². The van der Waals surface area contributed by atoms with Crippen molar-refractivity contribution in [1.29, 1.82) is 0 Å². The maximum atomic E-state index is 12.6. The first-order valence-electron chi connectivity index (χ1n) is 13.3. The van der Waals surface area contributed by atoms with Crippen LogP contribution in [0.3, 0.4) is 0 Å². The molecule has 2 aromatic carbocycles. The van der Waals surface area contributed by atoms with Crippen LogP contribution in [0, 0.1) is 0 Å². The summed E-state index contributed by atoms with van der Waals surface area (Å²) in [5, 5.41) is 12.9. The van der Waals surface area contributed by atoms with Gasteiger partial charge in [0.1, 0.15) is 5.69 Å². The predicted octanol–water partition coefficient (Wildman–Crippen LogP) is 6.41. The summed E-state index contributed by atoms with van der Waals surface area (Å²) in [7, 11) is 0. The van der Waals surface area contributed by atoms with Crippen LogP contribution in [0.25, 0.3) is 44.5 Å². The van der Waals surface area contributed by atoms with Crippen molar-refractivity contribution in [3.05, 3.63) is 90.9 Å². The Labute approximate surface area is 225 Å². The number of carbonyl (C=O) groups excluding carboxylic acids is 1. The van der Waals surface area contributed by atoms with Crippen molar-refractivity contribution in [1.82, 2.24) is 25.1 Å². The number of fused-ring (bicyclic) bond motifs is 2. The molecule has 1 aliphatic heterocycles. The van der Waals surface area contributed by atoms with Crippen LogP contribution in [0.4, 0.5) is 11.4 Å². The van der Waals surface area contributed by atoms with E-state index in [1.54, 1.807) is 30.7 Å². The molecule has 6 aromatic rings. The molecule has 1 amide bonds. The maximum absolute atomic E-state index is 12.6. The number of rotatable bonds is 5. The minimum Gasteiger partial charge on any atom is -0.371 e. The molecule has 8 nitrogen and oxygen atoms in total. The van der Waals surface area contributed by atoms with Crippen molar-refractivity contribution in [2.75, 3.05) is 23.3 Å². The van der Waals surface area contributed by atoms with Crippen molar-refractivity contribution in [3.63, 3.8) is 0 Å². The Kier molecular flexibility index (Phi) is 5.77. The minimum absolute atomic E-state index is 0.183. The number of pyridine rings is 2. The molecule has 8 heteroatoms. The van der Waals surface area contributed by atoms with Gasteiger partial charge in [0.05, 0.1) is 35.0 Å². The zero-order valence-electron chi connectivity index (χ0n) is 21.3. The molecule has 0 atom stereocenters. The van der Waals surface area contributed by atoms with Gasteiger partial charge in [-0.1, -0.05) is 24.3 Å². The molecule has 5 heterocycles. The quantitative estimate of drug-likeness (QED) is 0.247. The second-order valence-electron chi connectivity index (χ2n) is 9.94. The standard InChI is InChI=1S/C31H27N7O/c39-31(20-8-3-1-4-9-20)34-22-14-21(17-32-18-22)26-16-24-28(19-33-26)36-37-30(24)27-15-23-25(35-27)10-7-11-29(23)38-12-5-2-6-13-38/h1,3-4,7-11,14-19,35H,2,5-6,12-13H2,(H,34,39)(H,36,37). The van der Waals surface area contributed by atoms with E-state index in [0.717, 1.165) is 52.2 Å². The topological polar surface area (TPSA) is 103 Å². The van der Waals surface area contributed by atoms with Crippen LogP contribution in [-0.4, -0.2) is 44.1 Å². The van der Waals surface area contributed by atoms with Crippen molar-refractivity contribution in [2.45, 2.75) is 19.3 Å². The van der Waals surface area contributed by atoms with E-state index in [-0.39, 0.29) is 5.91 Å². The lowest BCUT2D eigenvalue weighted by atomic mass is 10.1. The van der Waals surface area contributed by atoms with Gasteiger partial charge in [0.2, 0.25) is 0 Å². The molecule has 1 fully saturated rings. The van der Waals surface area contributed by atoms with E-state index in [9.17, 15) is 4.79 Å². The van der Waals surface area contributed by atoms with Gasteiger partial charge < -0.3 is 15.2 Å². The van der Waals surface area contributed by atoms with E-state index in [1.165, 1.54) is 30.3 Å². The third kappa shape index (κ3) is 4.40. The average molecular weight is 514 g/mol. The zero-order chi connectivity index (χ0) is 26.2. The summed E-state index contributed by atoms with van der Waals surface area (Å²) in [5.74, 6) is -0.183. The van der Waals surface area contributed by atoms with Gasteiger partial charge in [-0.05, 0) is 61.7 Å². The molecule has 0 spiro atoms. The third-order valence-electron chi connectivity index (χ3n) is 7.37. The molecule has 39 heavy (non-hydrogen) atoms. The predicted molar refractivity (Wildman–Crippen MR) is 155 cm³/mol. The Morgan fingerprint density at radius 1 is 0.846 bits per heavy atom. The fourth-order valence-electron chi connectivity index (χ4n) is 5.40. The molecular weight excluding hydrogens is 486 g/mol. The molecule has 0 aliphatic carbocycles. The highest BCUT2D eigenvalue weighted by atomic mass is 16.1. The molecular formula is C31H27N7O. The summed E-state index contributed by atoms with van der Waals surface area (Å²) < 4.78 is 0. The van der Waals surface area contributed by atoms with Crippen LogP contribution in [-0.2, 0) is 0 Å². The Morgan fingerprint density at radius 2 is 1.72 bits per heavy atom. The number of aromatic nitrogens is 5. The van der Waals surface area contributed by atoms with Gasteiger partial charge in [-0.2, -0.15) is 5.10 Å². The largest absolute Gasteiger partial charge is 0.371 e. The van der Waals surface area contributed by atoms with E-state index in [2.05, 4.69) is 59.6 Å². The molecule has 0 bridgehead atoms.